The average Bonchev–Trinajstić information content (AvgIpc) is 2.84. The molecule has 0 bridgehead atoms. The van der Waals surface area contributed by atoms with Crippen LogP contribution in [0, 0.1) is 6.92 Å². The fourth-order valence-corrected chi connectivity index (χ4v) is 1.80. The zero-order valence-corrected chi connectivity index (χ0v) is 11.2. The molecule has 1 aromatic carbocycles. The Kier molecular flexibility index (Phi) is 4.20. The largest absolute Gasteiger partial charge is 0.496 e. The van der Waals surface area contributed by atoms with E-state index >= 15 is 0 Å². The van der Waals surface area contributed by atoms with Gasteiger partial charge in [0.1, 0.15) is 5.75 Å². The van der Waals surface area contributed by atoms with Gasteiger partial charge in [-0.05, 0) is 31.0 Å². The van der Waals surface area contributed by atoms with Crippen LogP contribution < -0.4 is 4.74 Å². The van der Waals surface area contributed by atoms with Crippen LogP contribution in [0.25, 0.3) is 11.4 Å². The Morgan fingerprint density at radius 2 is 2.22 bits per heavy atom. The predicted molar refractivity (Wildman–Crippen MR) is 70.1 cm³/mol. The van der Waals surface area contributed by atoms with Gasteiger partial charge in [-0.1, -0.05) is 11.2 Å². The molecule has 1 aromatic heterocycles. The number of nitrogens with zero attached hydrogens (tertiary/aromatic N) is 2. The molecule has 96 valence electrons. The molecule has 0 fully saturated rings. The van der Waals surface area contributed by atoms with Crippen LogP contribution in [-0.4, -0.2) is 23.1 Å². The molecule has 1 heterocycles. The van der Waals surface area contributed by atoms with E-state index in [1.807, 2.05) is 25.1 Å². The van der Waals surface area contributed by atoms with Gasteiger partial charge in [0, 0.05) is 12.3 Å². The Morgan fingerprint density at radius 3 is 2.94 bits per heavy atom. The third kappa shape index (κ3) is 2.82. The number of rotatable bonds is 5. The number of ether oxygens (including phenoxy) is 1. The summed E-state index contributed by atoms with van der Waals surface area (Å²) in [4.78, 5) is 4.34. The first kappa shape index (κ1) is 12.9. The molecule has 0 aliphatic rings. The molecule has 0 aliphatic carbocycles. The minimum Gasteiger partial charge on any atom is -0.496 e. The van der Waals surface area contributed by atoms with Crippen LogP contribution >= 0.6 is 11.6 Å². The maximum atomic E-state index is 5.63. The first-order chi connectivity index (χ1) is 8.74. The highest BCUT2D eigenvalue weighted by molar-refractivity contribution is 6.17. The van der Waals surface area contributed by atoms with Crippen molar-refractivity contribution in [3.8, 4) is 17.1 Å². The molecular formula is C13H15ClN2O2. The summed E-state index contributed by atoms with van der Waals surface area (Å²) in [6, 6.07) is 5.88. The molecule has 2 aromatic rings. The van der Waals surface area contributed by atoms with Crippen molar-refractivity contribution in [3.05, 3.63) is 29.7 Å². The summed E-state index contributed by atoms with van der Waals surface area (Å²) in [5.74, 6) is 2.50. The van der Waals surface area contributed by atoms with Gasteiger partial charge in [0.25, 0.3) is 0 Å². The second-order valence-electron chi connectivity index (χ2n) is 4.01. The summed E-state index contributed by atoms with van der Waals surface area (Å²) >= 11 is 5.63. The Balaban J connectivity index is 2.28. The highest BCUT2D eigenvalue weighted by Crippen LogP contribution is 2.28. The number of hydrogen-bond donors (Lipinski definition) is 0. The van der Waals surface area contributed by atoms with Crippen LogP contribution in [-0.2, 0) is 6.42 Å². The van der Waals surface area contributed by atoms with Gasteiger partial charge in [-0.3, -0.25) is 0 Å². The van der Waals surface area contributed by atoms with Gasteiger partial charge >= 0.3 is 0 Å². The SMILES string of the molecule is COc1cc(C)ccc1-c1noc(CCCCl)n1. The molecule has 0 atom stereocenters. The van der Waals surface area contributed by atoms with E-state index in [0.717, 1.165) is 23.3 Å². The van der Waals surface area contributed by atoms with Gasteiger partial charge in [0.15, 0.2) is 0 Å². The number of aromatic nitrogens is 2. The monoisotopic (exact) mass is 266 g/mol. The summed E-state index contributed by atoms with van der Waals surface area (Å²) in [6.45, 7) is 2.01. The molecule has 4 nitrogen and oxygen atoms in total. The third-order valence-electron chi connectivity index (χ3n) is 2.59. The van der Waals surface area contributed by atoms with Crippen molar-refractivity contribution in [1.82, 2.24) is 10.1 Å². The number of hydrogen-bond acceptors (Lipinski definition) is 4. The van der Waals surface area contributed by atoms with Crippen molar-refractivity contribution in [1.29, 1.82) is 0 Å². The van der Waals surface area contributed by atoms with Crippen LogP contribution in [0.5, 0.6) is 5.75 Å². The third-order valence-corrected chi connectivity index (χ3v) is 2.86. The molecule has 18 heavy (non-hydrogen) atoms. The second kappa shape index (κ2) is 5.87. The maximum absolute atomic E-state index is 5.63. The smallest absolute Gasteiger partial charge is 0.227 e. The van der Waals surface area contributed by atoms with Crippen molar-refractivity contribution < 1.29 is 9.26 Å². The fraction of sp³-hybridized carbons (Fsp3) is 0.385. The van der Waals surface area contributed by atoms with Gasteiger partial charge in [-0.2, -0.15) is 4.98 Å². The molecule has 0 saturated heterocycles. The minimum atomic E-state index is 0.552. The highest BCUT2D eigenvalue weighted by atomic mass is 35.5. The fourth-order valence-electron chi connectivity index (χ4n) is 1.67. The van der Waals surface area contributed by atoms with E-state index in [1.165, 1.54) is 0 Å². The van der Waals surface area contributed by atoms with Crippen LogP contribution in [0.15, 0.2) is 22.7 Å². The number of aryl methyl sites for hydroxylation is 2. The van der Waals surface area contributed by atoms with E-state index in [-0.39, 0.29) is 0 Å². The van der Waals surface area contributed by atoms with E-state index in [4.69, 9.17) is 20.9 Å². The zero-order chi connectivity index (χ0) is 13.0. The summed E-state index contributed by atoms with van der Waals surface area (Å²) in [7, 11) is 1.63. The van der Waals surface area contributed by atoms with Crippen molar-refractivity contribution in [2.75, 3.05) is 13.0 Å². The average molecular weight is 267 g/mol. The van der Waals surface area contributed by atoms with E-state index in [9.17, 15) is 0 Å². The standard InChI is InChI=1S/C13H15ClN2O2/c1-9-5-6-10(11(8-9)17-2)13-15-12(18-16-13)4-3-7-14/h5-6,8H,3-4,7H2,1-2H3. The van der Waals surface area contributed by atoms with Gasteiger partial charge in [-0.15, -0.1) is 11.6 Å². The summed E-state index contributed by atoms with van der Waals surface area (Å²) in [5, 5.41) is 3.97. The number of alkyl halides is 1. The molecule has 0 spiro atoms. The van der Waals surface area contributed by atoms with E-state index in [0.29, 0.717) is 24.0 Å². The Hall–Kier alpha value is -1.55. The lowest BCUT2D eigenvalue weighted by molar-refractivity contribution is 0.377. The molecule has 0 N–H and O–H groups in total. The lowest BCUT2D eigenvalue weighted by Crippen LogP contribution is -1.91. The van der Waals surface area contributed by atoms with Crippen molar-refractivity contribution >= 4 is 11.6 Å². The maximum Gasteiger partial charge on any atom is 0.227 e. The quantitative estimate of drug-likeness (QED) is 0.780. The molecule has 0 amide bonds. The minimum absolute atomic E-state index is 0.552. The molecule has 0 aliphatic heterocycles. The number of benzene rings is 1. The lowest BCUT2D eigenvalue weighted by atomic mass is 10.1. The van der Waals surface area contributed by atoms with E-state index < -0.39 is 0 Å². The summed E-state index contributed by atoms with van der Waals surface area (Å²) in [6.07, 6.45) is 1.53. The summed E-state index contributed by atoms with van der Waals surface area (Å²) in [5.41, 5.74) is 1.96. The second-order valence-corrected chi connectivity index (χ2v) is 4.39. The van der Waals surface area contributed by atoms with Crippen LogP contribution in [0.4, 0.5) is 0 Å². The normalized spacial score (nSPS) is 10.6. The van der Waals surface area contributed by atoms with Crippen molar-refractivity contribution in [2.24, 2.45) is 0 Å². The topological polar surface area (TPSA) is 48.2 Å². The molecule has 0 radical (unpaired) electrons. The first-order valence-electron chi connectivity index (χ1n) is 5.78. The van der Waals surface area contributed by atoms with Gasteiger partial charge < -0.3 is 9.26 Å². The molecule has 2 rings (SSSR count). The zero-order valence-electron chi connectivity index (χ0n) is 10.4. The van der Waals surface area contributed by atoms with Crippen molar-refractivity contribution in [2.45, 2.75) is 19.8 Å². The Morgan fingerprint density at radius 1 is 1.39 bits per heavy atom. The first-order valence-corrected chi connectivity index (χ1v) is 6.31. The van der Waals surface area contributed by atoms with Gasteiger partial charge in [-0.25, -0.2) is 0 Å². The summed E-state index contributed by atoms with van der Waals surface area (Å²) < 4.78 is 10.5. The predicted octanol–water partition coefficient (Wildman–Crippen LogP) is 3.23. The Bertz CT molecular complexity index is 525. The number of methoxy groups -OCH3 is 1. The van der Waals surface area contributed by atoms with E-state index in [1.54, 1.807) is 7.11 Å². The number of halogens is 1. The molecule has 5 heteroatoms. The van der Waals surface area contributed by atoms with Crippen LogP contribution in [0.2, 0.25) is 0 Å². The highest BCUT2D eigenvalue weighted by Gasteiger charge is 2.13. The van der Waals surface area contributed by atoms with Crippen LogP contribution in [0.1, 0.15) is 17.9 Å². The Labute approximate surface area is 111 Å². The lowest BCUT2D eigenvalue weighted by Gasteiger charge is -2.05. The molecular weight excluding hydrogens is 252 g/mol. The van der Waals surface area contributed by atoms with Gasteiger partial charge in [0.05, 0.1) is 12.7 Å². The van der Waals surface area contributed by atoms with Crippen LogP contribution in [0.3, 0.4) is 0 Å². The molecule has 0 unspecified atom stereocenters. The van der Waals surface area contributed by atoms with E-state index in [2.05, 4.69) is 10.1 Å². The van der Waals surface area contributed by atoms with Crippen molar-refractivity contribution in [3.63, 3.8) is 0 Å². The molecule has 0 saturated carbocycles. The van der Waals surface area contributed by atoms with Gasteiger partial charge in [0.2, 0.25) is 11.7 Å².